The van der Waals surface area contributed by atoms with E-state index in [0.29, 0.717) is 12.1 Å². The maximum atomic E-state index is 12.1. The van der Waals surface area contributed by atoms with Crippen LogP contribution in [0.4, 0.5) is 5.69 Å². The van der Waals surface area contributed by atoms with Gasteiger partial charge in [-0.3, -0.25) is 9.59 Å². The number of ether oxygens (including phenoxy) is 1. The first-order valence-electron chi connectivity index (χ1n) is 8.94. The highest BCUT2D eigenvalue weighted by atomic mass is 16.5. The Labute approximate surface area is 160 Å². The molecule has 0 saturated heterocycles. The molecule has 2 aromatic rings. The van der Waals surface area contributed by atoms with Crippen molar-refractivity contribution in [2.24, 2.45) is 11.7 Å². The fourth-order valence-electron chi connectivity index (χ4n) is 2.60. The van der Waals surface area contributed by atoms with E-state index in [4.69, 9.17) is 10.5 Å². The summed E-state index contributed by atoms with van der Waals surface area (Å²) in [5.41, 5.74) is 8.53. The van der Waals surface area contributed by atoms with Crippen LogP contribution in [0.1, 0.15) is 25.0 Å². The van der Waals surface area contributed by atoms with Crippen molar-refractivity contribution in [2.75, 3.05) is 19.0 Å². The van der Waals surface area contributed by atoms with Crippen LogP contribution in [0.3, 0.4) is 0 Å². The van der Waals surface area contributed by atoms with E-state index < -0.39 is 6.04 Å². The first-order chi connectivity index (χ1) is 12.9. The third kappa shape index (κ3) is 6.11. The number of methoxy groups -OCH3 is 1. The number of nitrogens with two attached hydrogens (primary N) is 1. The molecule has 144 valence electrons. The molecular weight excluding hydrogens is 342 g/mol. The van der Waals surface area contributed by atoms with Crippen LogP contribution in [0.15, 0.2) is 48.5 Å². The van der Waals surface area contributed by atoms with E-state index in [1.807, 2.05) is 56.3 Å². The summed E-state index contributed by atoms with van der Waals surface area (Å²) in [6.07, 6.45) is 0.688. The average molecular weight is 369 g/mol. The molecule has 0 aliphatic carbocycles. The zero-order valence-corrected chi connectivity index (χ0v) is 16.0. The summed E-state index contributed by atoms with van der Waals surface area (Å²) in [6.45, 7) is 3.59. The third-order valence-corrected chi connectivity index (χ3v) is 4.25. The summed E-state index contributed by atoms with van der Waals surface area (Å²) in [4.78, 5) is 24.0. The largest absolute Gasteiger partial charge is 0.496 e. The lowest BCUT2D eigenvalue weighted by Gasteiger charge is -2.15. The van der Waals surface area contributed by atoms with E-state index in [-0.39, 0.29) is 24.3 Å². The van der Waals surface area contributed by atoms with Gasteiger partial charge in [-0.2, -0.15) is 0 Å². The Morgan fingerprint density at radius 3 is 2.44 bits per heavy atom. The fourth-order valence-corrected chi connectivity index (χ4v) is 2.60. The van der Waals surface area contributed by atoms with E-state index in [1.165, 1.54) is 0 Å². The minimum Gasteiger partial charge on any atom is -0.496 e. The molecule has 0 aliphatic heterocycles. The predicted molar refractivity (Wildman–Crippen MR) is 107 cm³/mol. The number of carbonyl (C=O) groups excluding carboxylic acids is 2. The first kappa shape index (κ1) is 20.5. The summed E-state index contributed by atoms with van der Waals surface area (Å²) in [5.74, 6) is 0.123. The topological polar surface area (TPSA) is 93.5 Å². The molecule has 2 rings (SSSR count). The molecule has 0 aliphatic rings. The van der Waals surface area contributed by atoms with Crippen LogP contribution in [0.25, 0.3) is 0 Å². The Bertz CT molecular complexity index is 775. The Hall–Kier alpha value is -2.86. The molecule has 0 unspecified atom stereocenters. The zero-order chi connectivity index (χ0) is 19.8. The molecule has 2 aromatic carbocycles. The highest BCUT2D eigenvalue weighted by Gasteiger charge is 2.17. The van der Waals surface area contributed by atoms with E-state index in [9.17, 15) is 9.59 Å². The Balaban J connectivity index is 2.01. The van der Waals surface area contributed by atoms with E-state index in [2.05, 4.69) is 10.6 Å². The van der Waals surface area contributed by atoms with Crippen molar-refractivity contribution in [1.29, 1.82) is 0 Å². The molecule has 6 nitrogen and oxygen atoms in total. The third-order valence-electron chi connectivity index (χ3n) is 4.25. The second kappa shape index (κ2) is 9.73. The lowest BCUT2D eigenvalue weighted by molar-refractivity contribution is -0.125. The second-order valence-electron chi connectivity index (χ2n) is 6.72. The first-order valence-corrected chi connectivity index (χ1v) is 8.94. The molecule has 0 radical (unpaired) electrons. The van der Waals surface area contributed by atoms with Gasteiger partial charge in [0, 0.05) is 17.7 Å². The molecule has 4 N–H and O–H groups in total. The molecule has 0 heterocycles. The van der Waals surface area contributed by atoms with Gasteiger partial charge in [0.25, 0.3) is 0 Å². The highest BCUT2D eigenvalue weighted by Crippen LogP contribution is 2.25. The number of hydrogen-bond acceptors (Lipinski definition) is 4. The van der Waals surface area contributed by atoms with Crippen LogP contribution in [0.2, 0.25) is 0 Å². The molecule has 27 heavy (non-hydrogen) atoms. The van der Waals surface area contributed by atoms with Crippen molar-refractivity contribution >= 4 is 17.5 Å². The van der Waals surface area contributed by atoms with E-state index >= 15 is 0 Å². The highest BCUT2D eigenvalue weighted by molar-refractivity contribution is 5.95. The number of benzene rings is 2. The smallest absolute Gasteiger partial charge is 0.243 e. The van der Waals surface area contributed by atoms with Crippen LogP contribution < -0.4 is 21.1 Å². The van der Waals surface area contributed by atoms with Gasteiger partial charge < -0.3 is 21.1 Å². The molecule has 0 bridgehead atoms. The van der Waals surface area contributed by atoms with Crippen LogP contribution in [0.5, 0.6) is 5.75 Å². The summed E-state index contributed by atoms with van der Waals surface area (Å²) < 4.78 is 5.42. The maximum Gasteiger partial charge on any atom is 0.243 e. The summed E-state index contributed by atoms with van der Waals surface area (Å²) in [7, 11) is 1.62. The lowest BCUT2D eigenvalue weighted by atomic mass is 10.0. The number of nitrogens with one attached hydrogen (secondary N) is 2. The lowest BCUT2D eigenvalue weighted by Crippen LogP contribution is -2.46. The molecule has 2 amide bonds. The summed E-state index contributed by atoms with van der Waals surface area (Å²) in [6, 6.07) is 14.9. The number of amides is 2. The number of anilines is 1. The number of rotatable bonds is 8. The van der Waals surface area contributed by atoms with Gasteiger partial charge in [0.1, 0.15) is 5.75 Å². The Kier molecular flexibility index (Phi) is 7.37. The van der Waals surface area contributed by atoms with Crippen LogP contribution >= 0.6 is 0 Å². The molecule has 0 spiro atoms. The monoisotopic (exact) mass is 369 g/mol. The predicted octanol–water partition coefficient (Wildman–Crippen LogP) is 2.32. The van der Waals surface area contributed by atoms with Crippen molar-refractivity contribution in [3.8, 4) is 5.75 Å². The van der Waals surface area contributed by atoms with Gasteiger partial charge in [0.05, 0.1) is 19.7 Å². The quantitative estimate of drug-likeness (QED) is 0.666. The summed E-state index contributed by atoms with van der Waals surface area (Å²) >= 11 is 0. The minimum absolute atomic E-state index is 0.00944. The van der Waals surface area contributed by atoms with Crippen molar-refractivity contribution < 1.29 is 14.3 Å². The standard InChI is InChI=1S/C21H27N3O3/c1-14(2)20(22)21(26)23-13-19(25)24-17-9-10-18(27-3)16(12-17)11-15-7-5-4-6-8-15/h4-10,12,14,20H,11,13,22H2,1-3H3,(H,23,26)(H,24,25)/t20-/m0/s1. The van der Waals surface area contributed by atoms with Gasteiger partial charge in [0.15, 0.2) is 0 Å². The zero-order valence-electron chi connectivity index (χ0n) is 16.0. The Morgan fingerprint density at radius 2 is 1.81 bits per heavy atom. The van der Waals surface area contributed by atoms with Gasteiger partial charge >= 0.3 is 0 Å². The molecule has 0 fully saturated rings. The summed E-state index contributed by atoms with van der Waals surface area (Å²) in [5, 5.41) is 5.35. The molecule has 0 saturated carbocycles. The molecule has 6 heteroatoms. The Morgan fingerprint density at radius 1 is 1.11 bits per heavy atom. The van der Waals surface area contributed by atoms with Gasteiger partial charge in [-0.1, -0.05) is 44.2 Å². The van der Waals surface area contributed by atoms with Crippen LogP contribution in [-0.4, -0.2) is 31.5 Å². The minimum atomic E-state index is -0.628. The average Bonchev–Trinajstić information content (AvgIpc) is 2.66. The van der Waals surface area contributed by atoms with Crippen molar-refractivity contribution in [2.45, 2.75) is 26.3 Å². The number of hydrogen-bond donors (Lipinski definition) is 3. The second-order valence-corrected chi connectivity index (χ2v) is 6.72. The van der Waals surface area contributed by atoms with E-state index in [1.54, 1.807) is 13.2 Å². The van der Waals surface area contributed by atoms with E-state index in [0.717, 1.165) is 16.9 Å². The van der Waals surface area contributed by atoms with Crippen molar-refractivity contribution in [3.63, 3.8) is 0 Å². The fraction of sp³-hybridized carbons (Fsp3) is 0.333. The van der Waals surface area contributed by atoms with Gasteiger partial charge in [0.2, 0.25) is 11.8 Å². The van der Waals surface area contributed by atoms with Crippen molar-refractivity contribution in [1.82, 2.24) is 5.32 Å². The van der Waals surface area contributed by atoms with Crippen LogP contribution in [-0.2, 0) is 16.0 Å². The SMILES string of the molecule is COc1ccc(NC(=O)CNC(=O)[C@@H](N)C(C)C)cc1Cc1ccccc1. The van der Waals surface area contributed by atoms with Gasteiger partial charge in [-0.15, -0.1) is 0 Å². The molecule has 1 atom stereocenters. The normalized spacial score (nSPS) is 11.7. The molecular formula is C21H27N3O3. The van der Waals surface area contributed by atoms with Crippen LogP contribution in [0, 0.1) is 5.92 Å². The van der Waals surface area contributed by atoms with Crippen molar-refractivity contribution in [3.05, 3.63) is 59.7 Å². The van der Waals surface area contributed by atoms with Gasteiger partial charge in [-0.25, -0.2) is 0 Å². The molecule has 0 aromatic heterocycles. The maximum absolute atomic E-state index is 12.1. The van der Waals surface area contributed by atoms with Gasteiger partial charge in [-0.05, 0) is 29.7 Å². The number of carbonyl (C=O) groups is 2.